The fraction of sp³-hybridized carbons (Fsp3) is 0.333. The summed E-state index contributed by atoms with van der Waals surface area (Å²) in [6.45, 7) is 4.88. The van der Waals surface area contributed by atoms with Crippen LogP contribution in [0.15, 0.2) is 72.8 Å². The summed E-state index contributed by atoms with van der Waals surface area (Å²) >= 11 is 0. The molecule has 1 spiro atoms. The van der Waals surface area contributed by atoms with Crippen LogP contribution in [0.2, 0.25) is 0 Å². The molecule has 4 nitrogen and oxygen atoms in total. The lowest BCUT2D eigenvalue weighted by atomic mass is 9.92. The Balaban J connectivity index is 1.39. The second kappa shape index (κ2) is 6.85. The largest absolute Gasteiger partial charge is 0.297 e. The lowest BCUT2D eigenvalue weighted by Gasteiger charge is -2.28. The van der Waals surface area contributed by atoms with Crippen LogP contribution in [0.5, 0.6) is 0 Å². The Labute approximate surface area is 172 Å². The van der Waals surface area contributed by atoms with Crippen molar-refractivity contribution in [2.45, 2.75) is 24.6 Å². The number of para-hydroxylation sites is 1. The summed E-state index contributed by atoms with van der Waals surface area (Å²) < 4.78 is 28.2. The predicted octanol–water partition coefficient (Wildman–Crippen LogP) is 4.27. The van der Waals surface area contributed by atoms with Crippen molar-refractivity contribution in [2.75, 3.05) is 23.9 Å². The van der Waals surface area contributed by atoms with Crippen molar-refractivity contribution in [2.24, 2.45) is 5.92 Å². The van der Waals surface area contributed by atoms with E-state index in [-0.39, 0.29) is 5.92 Å². The fourth-order valence-corrected chi connectivity index (χ4v) is 7.59. The summed E-state index contributed by atoms with van der Waals surface area (Å²) in [6.07, 6.45) is 0.702. The van der Waals surface area contributed by atoms with Crippen molar-refractivity contribution in [1.29, 1.82) is 0 Å². The Kier molecular flexibility index (Phi) is 4.41. The maximum Gasteiger partial charge on any atom is 0.242 e. The SMILES string of the molecule is C[C@H]1CN(c2ccccc2)S(=O)(=O)[C@@]12CCN(Cc1ccc3ccccc3c1)C2. The average Bonchev–Trinajstić information content (AvgIpc) is 3.25. The topological polar surface area (TPSA) is 40.6 Å². The van der Waals surface area contributed by atoms with E-state index in [1.165, 1.54) is 16.3 Å². The van der Waals surface area contributed by atoms with Gasteiger partial charge in [-0.1, -0.05) is 61.5 Å². The second-order valence-electron chi connectivity index (χ2n) is 8.48. The summed E-state index contributed by atoms with van der Waals surface area (Å²) in [4.78, 5) is 2.31. The number of sulfonamides is 1. The van der Waals surface area contributed by atoms with Gasteiger partial charge in [-0.15, -0.1) is 0 Å². The summed E-state index contributed by atoms with van der Waals surface area (Å²) in [6, 6.07) is 24.4. The Hall–Kier alpha value is -2.37. The number of hydrogen-bond donors (Lipinski definition) is 0. The number of anilines is 1. The van der Waals surface area contributed by atoms with Crippen molar-refractivity contribution in [3.63, 3.8) is 0 Å². The van der Waals surface area contributed by atoms with E-state index in [0.29, 0.717) is 19.5 Å². The van der Waals surface area contributed by atoms with Gasteiger partial charge < -0.3 is 0 Å². The van der Waals surface area contributed by atoms with Crippen molar-refractivity contribution >= 4 is 26.5 Å². The van der Waals surface area contributed by atoms with Crippen LogP contribution in [0.25, 0.3) is 10.8 Å². The Morgan fingerprint density at radius 2 is 1.69 bits per heavy atom. The van der Waals surface area contributed by atoms with E-state index in [2.05, 4.69) is 54.3 Å². The third kappa shape index (κ3) is 2.95. The first-order chi connectivity index (χ1) is 14.0. The molecule has 0 N–H and O–H groups in total. The highest BCUT2D eigenvalue weighted by molar-refractivity contribution is 7.94. The van der Waals surface area contributed by atoms with Gasteiger partial charge in [0.1, 0.15) is 4.75 Å². The normalized spacial score (nSPS) is 26.5. The standard InChI is InChI=1S/C24H26N2O2S/c1-19-16-26(23-9-3-2-4-10-23)29(27,28)24(19)13-14-25(18-24)17-20-11-12-21-7-5-6-8-22(21)15-20/h2-12,15,19H,13-14,16-18H2,1H3/t19-,24+/m0/s1. The van der Waals surface area contributed by atoms with E-state index in [9.17, 15) is 8.42 Å². The molecule has 0 amide bonds. The third-order valence-electron chi connectivity index (χ3n) is 6.75. The molecule has 2 fully saturated rings. The van der Waals surface area contributed by atoms with E-state index in [0.717, 1.165) is 18.8 Å². The van der Waals surface area contributed by atoms with Crippen LogP contribution >= 0.6 is 0 Å². The lowest BCUT2D eigenvalue weighted by molar-refractivity contribution is 0.307. The third-order valence-corrected chi connectivity index (χ3v) is 9.45. The summed E-state index contributed by atoms with van der Waals surface area (Å²) in [7, 11) is -3.40. The molecule has 0 aromatic heterocycles. The van der Waals surface area contributed by atoms with E-state index in [4.69, 9.17) is 0 Å². The van der Waals surface area contributed by atoms with Gasteiger partial charge in [0, 0.05) is 26.2 Å². The molecule has 0 unspecified atom stereocenters. The number of rotatable bonds is 3. The highest BCUT2D eigenvalue weighted by Gasteiger charge is 2.60. The van der Waals surface area contributed by atoms with E-state index < -0.39 is 14.8 Å². The van der Waals surface area contributed by atoms with E-state index in [1.54, 1.807) is 4.31 Å². The Morgan fingerprint density at radius 1 is 0.966 bits per heavy atom. The molecule has 0 aliphatic carbocycles. The molecule has 3 aromatic rings. The minimum absolute atomic E-state index is 0.106. The number of nitrogens with zero attached hydrogens (tertiary/aromatic N) is 2. The number of likely N-dealkylation sites (tertiary alicyclic amines) is 1. The predicted molar refractivity (Wildman–Crippen MR) is 118 cm³/mol. The minimum atomic E-state index is -3.40. The molecule has 3 aromatic carbocycles. The van der Waals surface area contributed by atoms with E-state index >= 15 is 0 Å². The second-order valence-corrected chi connectivity index (χ2v) is 10.7. The van der Waals surface area contributed by atoms with Crippen LogP contribution in [-0.4, -0.2) is 37.7 Å². The van der Waals surface area contributed by atoms with Gasteiger partial charge in [-0.05, 0) is 46.9 Å². The zero-order valence-corrected chi connectivity index (χ0v) is 17.5. The van der Waals surface area contributed by atoms with Crippen molar-refractivity contribution in [3.05, 3.63) is 78.4 Å². The Morgan fingerprint density at radius 3 is 2.48 bits per heavy atom. The van der Waals surface area contributed by atoms with Gasteiger partial charge in [-0.25, -0.2) is 8.42 Å². The summed E-state index contributed by atoms with van der Waals surface area (Å²) in [5.74, 6) is 0.106. The highest BCUT2D eigenvalue weighted by Crippen LogP contribution is 2.46. The van der Waals surface area contributed by atoms with Crippen LogP contribution in [0.1, 0.15) is 18.9 Å². The molecule has 150 valence electrons. The van der Waals surface area contributed by atoms with E-state index in [1.807, 2.05) is 30.3 Å². The molecule has 5 rings (SSSR count). The zero-order valence-electron chi connectivity index (χ0n) is 16.7. The smallest absolute Gasteiger partial charge is 0.242 e. The molecule has 2 aliphatic rings. The molecule has 5 heteroatoms. The summed E-state index contributed by atoms with van der Waals surface area (Å²) in [5, 5.41) is 2.47. The molecule has 0 saturated carbocycles. The fourth-order valence-electron chi connectivity index (χ4n) is 5.05. The Bertz CT molecular complexity index is 1150. The first-order valence-corrected chi connectivity index (χ1v) is 11.7. The highest BCUT2D eigenvalue weighted by atomic mass is 32.2. The van der Waals surface area contributed by atoms with Crippen LogP contribution in [0.4, 0.5) is 5.69 Å². The quantitative estimate of drug-likeness (QED) is 0.652. The van der Waals surface area contributed by atoms with Gasteiger partial charge in [0.15, 0.2) is 0 Å². The van der Waals surface area contributed by atoms with Gasteiger partial charge in [-0.3, -0.25) is 9.21 Å². The number of fused-ring (bicyclic) bond motifs is 1. The molecule has 2 atom stereocenters. The molecule has 0 radical (unpaired) electrons. The maximum atomic E-state index is 13.6. The molecule has 2 heterocycles. The molecular formula is C24H26N2O2S. The molecule has 2 aliphatic heterocycles. The van der Waals surface area contributed by atoms with Crippen LogP contribution in [-0.2, 0) is 16.6 Å². The van der Waals surface area contributed by atoms with Gasteiger partial charge in [-0.2, -0.15) is 0 Å². The number of benzene rings is 3. The van der Waals surface area contributed by atoms with Crippen molar-refractivity contribution in [1.82, 2.24) is 4.90 Å². The first kappa shape index (κ1) is 18.6. The van der Waals surface area contributed by atoms with Crippen LogP contribution in [0, 0.1) is 5.92 Å². The van der Waals surface area contributed by atoms with Gasteiger partial charge in [0.25, 0.3) is 0 Å². The van der Waals surface area contributed by atoms with Crippen molar-refractivity contribution in [3.8, 4) is 0 Å². The van der Waals surface area contributed by atoms with Gasteiger partial charge in [0.05, 0.1) is 5.69 Å². The monoisotopic (exact) mass is 406 g/mol. The number of hydrogen-bond acceptors (Lipinski definition) is 3. The summed E-state index contributed by atoms with van der Waals surface area (Å²) in [5.41, 5.74) is 2.02. The average molecular weight is 407 g/mol. The zero-order chi connectivity index (χ0) is 20.1. The maximum absolute atomic E-state index is 13.6. The molecular weight excluding hydrogens is 380 g/mol. The first-order valence-electron chi connectivity index (χ1n) is 10.3. The molecule has 29 heavy (non-hydrogen) atoms. The van der Waals surface area contributed by atoms with Gasteiger partial charge >= 0.3 is 0 Å². The van der Waals surface area contributed by atoms with Crippen LogP contribution in [0.3, 0.4) is 0 Å². The van der Waals surface area contributed by atoms with Crippen LogP contribution < -0.4 is 4.31 Å². The molecule has 2 saturated heterocycles. The van der Waals surface area contributed by atoms with Crippen molar-refractivity contribution < 1.29 is 8.42 Å². The molecule has 0 bridgehead atoms. The minimum Gasteiger partial charge on any atom is -0.297 e. The lowest BCUT2D eigenvalue weighted by Crippen LogP contribution is -2.44. The van der Waals surface area contributed by atoms with Gasteiger partial charge in [0.2, 0.25) is 10.0 Å².